The molecule has 1 heterocycles. The largest absolute Gasteiger partial charge is 0.337 e. The predicted molar refractivity (Wildman–Crippen MR) is 120 cm³/mol. The number of hydrogen-bond donors (Lipinski definition) is 5. The highest BCUT2D eigenvalue weighted by Gasteiger charge is 2.16. The lowest BCUT2D eigenvalue weighted by Crippen LogP contribution is -2.30. The Balaban J connectivity index is 1.73. The van der Waals surface area contributed by atoms with Gasteiger partial charge in [-0.15, -0.1) is 11.6 Å². The quantitative estimate of drug-likeness (QED) is 0.324. The van der Waals surface area contributed by atoms with Crippen molar-refractivity contribution in [3.8, 4) is 0 Å². The van der Waals surface area contributed by atoms with Gasteiger partial charge in [0, 0.05) is 29.2 Å². The number of hydrogen-bond acceptors (Lipinski definition) is 5. The van der Waals surface area contributed by atoms with Crippen molar-refractivity contribution in [2.24, 2.45) is 0 Å². The lowest BCUT2D eigenvalue weighted by Gasteiger charge is -2.07. The van der Waals surface area contributed by atoms with Crippen LogP contribution in [0.15, 0.2) is 42.5 Å². The first-order valence-corrected chi connectivity index (χ1v) is 11.4. The van der Waals surface area contributed by atoms with E-state index >= 15 is 0 Å². The topological polar surface area (TPSA) is 145 Å². The summed E-state index contributed by atoms with van der Waals surface area (Å²) in [6.45, 7) is 0.328. The van der Waals surface area contributed by atoms with E-state index in [1.807, 2.05) is 0 Å². The number of fused-ring (bicyclic) bond motifs is 1. The van der Waals surface area contributed by atoms with Crippen LogP contribution < -0.4 is 20.7 Å². The third-order valence-electron chi connectivity index (χ3n) is 4.30. The second-order valence-electron chi connectivity index (χ2n) is 6.52. The van der Waals surface area contributed by atoms with Crippen molar-refractivity contribution in [2.75, 3.05) is 30.1 Å². The number of carbonyl (C=O) groups is 2. The third kappa shape index (κ3) is 5.94. The zero-order valence-corrected chi connectivity index (χ0v) is 18.1. The first kappa shape index (κ1) is 22.5. The van der Waals surface area contributed by atoms with Crippen molar-refractivity contribution >= 4 is 55.8 Å². The Bertz CT molecular complexity index is 1190. The van der Waals surface area contributed by atoms with Crippen molar-refractivity contribution in [1.82, 2.24) is 20.2 Å². The number of alkyl halides is 1. The molecule has 0 aliphatic rings. The van der Waals surface area contributed by atoms with Crippen LogP contribution in [0.3, 0.4) is 0 Å². The van der Waals surface area contributed by atoms with Crippen molar-refractivity contribution in [1.29, 1.82) is 0 Å². The van der Waals surface area contributed by atoms with Crippen LogP contribution in [0, 0.1) is 0 Å². The van der Waals surface area contributed by atoms with E-state index in [0.717, 1.165) is 0 Å². The predicted octanol–water partition coefficient (Wildman–Crippen LogP) is 2.22. The van der Waals surface area contributed by atoms with Gasteiger partial charge in [-0.2, -0.15) is 5.10 Å². The van der Waals surface area contributed by atoms with Gasteiger partial charge >= 0.3 is 6.03 Å². The molecule has 0 bridgehead atoms. The van der Waals surface area contributed by atoms with Crippen molar-refractivity contribution in [3.63, 3.8) is 0 Å². The molecule has 2 aromatic carbocycles. The van der Waals surface area contributed by atoms with Crippen molar-refractivity contribution in [3.05, 3.63) is 53.7 Å². The summed E-state index contributed by atoms with van der Waals surface area (Å²) in [7, 11) is -2.03. The first-order valence-electron chi connectivity index (χ1n) is 9.22. The molecule has 12 heteroatoms. The smallest absolute Gasteiger partial charge is 0.319 e. The Morgan fingerprint density at radius 3 is 2.45 bits per heavy atom. The molecule has 0 fully saturated rings. The number of nitrogens with one attached hydrogen (secondary N) is 5. The number of halogens is 1. The van der Waals surface area contributed by atoms with Crippen LogP contribution in [0.5, 0.6) is 0 Å². The molecule has 164 valence electrons. The van der Waals surface area contributed by atoms with Crippen LogP contribution in [0.4, 0.5) is 16.2 Å². The Kier molecular flexibility index (Phi) is 7.10. The summed E-state index contributed by atoms with van der Waals surface area (Å²) in [6.07, 6.45) is 0. The second kappa shape index (κ2) is 9.77. The Hall–Kier alpha value is -3.15. The zero-order valence-electron chi connectivity index (χ0n) is 16.5. The van der Waals surface area contributed by atoms with Gasteiger partial charge in [-0.3, -0.25) is 9.89 Å². The minimum Gasteiger partial charge on any atom is -0.337 e. The molecule has 0 aliphatic heterocycles. The van der Waals surface area contributed by atoms with Crippen molar-refractivity contribution in [2.45, 2.75) is 5.75 Å². The van der Waals surface area contributed by atoms with Gasteiger partial charge in [-0.05, 0) is 42.9 Å². The molecule has 0 unspecified atom stereocenters. The molecule has 10 nitrogen and oxygen atoms in total. The highest BCUT2D eigenvalue weighted by Crippen LogP contribution is 2.22. The standard InChI is InChI=1S/C19H21ClN6O4S/c1-21-31(29,30)11-12-2-4-13(5-3-12)23-18(27)17-15-10-14(6-7-16(15)25-26-17)24-19(28)22-9-8-20/h2-7,10,21H,8-9,11H2,1H3,(H,23,27)(H,25,26)(H2,22,24,28). The average Bonchev–Trinajstić information content (AvgIpc) is 3.17. The molecule has 0 spiro atoms. The van der Waals surface area contributed by atoms with Gasteiger partial charge in [0.1, 0.15) is 0 Å². The minimum atomic E-state index is -3.38. The molecule has 1 aromatic heterocycles. The lowest BCUT2D eigenvalue weighted by molar-refractivity contribution is 0.102. The molecular formula is C19H21ClN6O4S. The maximum Gasteiger partial charge on any atom is 0.319 e. The number of aromatic amines is 1. The molecule has 0 atom stereocenters. The molecule has 0 saturated heterocycles. The van der Waals surface area contributed by atoms with E-state index in [4.69, 9.17) is 11.6 Å². The van der Waals surface area contributed by atoms with Crippen LogP contribution in [-0.2, 0) is 15.8 Å². The van der Waals surface area contributed by atoms with Gasteiger partial charge in [0.15, 0.2) is 5.69 Å². The van der Waals surface area contributed by atoms with E-state index in [1.54, 1.807) is 42.5 Å². The average molecular weight is 465 g/mol. The Morgan fingerprint density at radius 2 is 1.77 bits per heavy atom. The highest BCUT2D eigenvalue weighted by atomic mass is 35.5. The molecule has 0 saturated carbocycles. The summed E-state index contributed by atoms with van der Waals surface area (Å²) in [5.74, 6) is -0.314. The van der Waals surface area contributed by atoms with Crippen LogP contribution in [-0.4, -0.2) is 50.0 Å². The van der Waals surface area contributed by atoms with E-state index in [1.165, 1.54) is 7.05 Å². The number of sulfonamides is 1. The molecule has 0 aliphatic carbocycles. The molecular weight excluding hydrogens is 444 g/mol. The van der Waals surface area contributed by atoms with Gasteiger partial charge in [-0.1, -0.05) is 12.1 Å². The van der Waals surface area contributed by atoms with E-state index in [0.29, 0.717) is 40.3 Å². The normalized spacial score (nSPS) is 11.3. The minimum absolute atomic E-state index is 0.154. The van der Waals surface area contributed by atoms with Gasteiger partial charge in [0.25, 0.3) is 5.91 Å². The summed E-state index contributed by atoms with van der Waals surface area (Å²) in [5, 5.41) is 15.4. The highest BCUT2D eigenvalue weighted by molar-refractivity contribution is 7.88. The fourth-order valence-corrected chi connectivity index (χ4v) is 3.64. The Morgan fingerprint density at radius 1 is 1.06 bits per heavy atom. The van der Waals surface area contributed by atoms with Crippen molar-refractivity contribution < 1.29 is 18.0 Å². The molecule has 3 rings (SSSR count). The second-order valence-corrected chi connectivity index (χ2v) is 8.82. The molecule has 3 amide bonds. The Labute approximate surface area is 183 Å². The number of nitrogens with zero attached hydrogens (tertiary/aromatic N) is 1. The maximum absolute atomic E-state index is 12.7. The number of amides is 3. The van der Waals surface area contributed by atoms with Gasteiger partial charge in [0.05, 0.1) is 11.3 Å². The van der Waals surface area contributed by atoms with E-state index < -0.39 is 22.0 Å². The summed E-state index contributed by atoms with van der Waals surface area (Å²) in [4.78, 5) is 24.5. The van der Waals surface area contributed by atoms with E-state index in [-0.39, 0.29) is 11.4 Å². The number of benzene rings is 2. The number of urea groups is 1. The maximum atomic E-state index is 12.7. The fraction of sp³-hybridized carbons (Fsp3) is 0.211. The third-order valence-corrected chi connectivity index (χ3v) is 5.82. The van der Waals surface area contributed by atoms with E-state index in [2.05, 4.69) is 30.9 Å². The number of carbonyl (C=O) groups excluding carboxylic acids is 2. The number of aromatic nitrogens is 2. The fourth-order valence-electron chi connectivity index (χ4n) is 2.77. The summed E-state index contributed by atoms with van der Waals surface area (Å²) >= 11 is 5.55. The lowest BCUT2D eigenvalue weighted by atomic mass is 10.1. The summed E-state index contributed by atoms with van der Waals surface area (Å²) in [6, 6.07) is 11.1. The van der Waals surface area contributed by atoms with Gasteiger partial charge in [-0.25, -0.2) is 17.9 Å². The molecule has 0 radical (unpaired) electrons. The van der Waals surface area contributed by atoms with Gasteiger partial charge < -0.3 is 16.0 Å². The first-order chi connectivity index (χ1) is 14.8. The summed E-state index contributed by atoms with van der Waals surface area (Å²) < 4.78 is 25.5. The van der Waals surface area contributed by atoms with Gasteiger partial charge in [0.2, 0.25) is 10.0 Å². The SMILES string of the molecule is CNS(=O)(=O)Cc1ccc(NC(=O)c2n[nH]c3ccc(NC(=O)NCCCl)cc23)cc1. The summed E-state index contributed by atoms with van der Waals surface area (Å²) in [5.41, 5.74) is 2.35. The van der Waals surface area contributed by atoms with E-state index in [9.17, 15) is 18.0 Å². The molecule has 5 N–H and O–H groups in total. The van der Waals surface area contributed by atoms with Crippen LogP contribution >= 0.6 is 11.6 Å². The number of H-pyrrole nitrogens is 1. The molecule has 3 aromatic rings. The van der Waals surface area contributed by atoms with Crippen LogP contribution in [0.25, 0.3) is 10.9 Å². The van der Waals surface area contributed by atoms with Crippen LogP contribution in [0.1, 0.15) is 16.1 Å². The number of anilines is 2. The number of rotatable bonds is 8. The van der Waals surface area contributed by atoms with Crippen LogP contribution in [0.2, 0.25) is 0 Å². The molecule has 31 heavy (non-hydrogen) atoms. The zero-order chi connectivity index (χ0) is 22.4. The monoisotopic (exact) mass is 464 g/mol.